The number of thiazole rings is 1. The molecule has 0 fully saturated rings. The van der Waals surface area contributed by atoms with Gasteiger partial charge >= 0.3 is 0 Å². The molecule has 6 nitrogen and oxygen atoms in total. The summed E-state index contributed by atoms with van der Waals surface area (Å²) in [4.78, 5) is 23.5. The van der Waals surface area contributed by atoms with Crippen LogP contribution in [0.1, 0.15) is 34.2 Å². The highest BCUT2D eigenvalue weighted by Gasteiger charge is 2.20. The largest absolute Gasteiger partial charge is 0.378 e. The number of aryl methyl sites for hydroxylation is 1. The molecule has 0 aliphatic carbocycles. The lowest BCUT2D eigenvalue weighted by Crippen LogP contribution is -2.29. The van der Waals surface area contributed by atoms with Gasteiger partial charge in [-0.15, -0.1) is 11.3 Å². The standard InChI is InChI=1S/C22H23N5OS/c1-15(21-23-12-13-29-21)26(2)22(28)16-8-10-17(11-9-16)24-14-20-25-18-6-4-5-7-19(18)27(20)3/h4-13,15,24H,14H2,1-3H3. The van der Waals surface area contributed by atoms with Crippen LogP contribution in [0.3, 0.4) is 0 Å². The fraction of sp³-hybridized carbons (Fsp3) is 0.227. The molecule has 0 saturated carbocycles. The summed E-state index contributed by atoms with van der Waals surface area (Å²) in [6, 6.07) is 15.6. The zero-order valence-electron chi connectivity index (χ0n) is 16.7. The van der Waals surface area contributed by atoms with Gasteiger partial charge in [-0.3, -0.25) is 4.79 Å². The van der Waals surface area contributed by atoms with Crippen molar-refractivity contribution < 1.29 is 4.79 Å². The number of aromatic nitrogens is 3. The van der Waals surface area contributed by atoms with Crippen molar-refractivity contribution in [3.05, 3.63) is 76.5 Å². The molecule has 7 heteroatoms. The van der Waals surface area contributed by atoms with E-state index >= 15 is 0 Å². The van der Waals surface area contributed by atoms with E-state index in [0.29, 0.717) is 12.1 Å². The Hall–Kier alpha value is -3.19. The van der Waals surface area contributed by atoms with Gasteiger partial charge in [0.15, 0.2) is 0 Å². The Morgan fingerprint density at radius 3 is 2.66 bits per heavy atom. The first-order chi connectivity index (χ1) is 14.0. The third kappa shape index (κ3) is 3.86. The van der Waals surface area contributed by atoms with Gasteiger partial charge in [0.1, 0.15) is 10.8 Å². The van der Waals surface area contributed by atoms with Gasteiger partial charge in [-0.25, -0.2) is 9.97 Å². The Balaban J connectivity index is 1.42. The zero-order valence-corrected chi connectivity index (χ0v) is 17.5. The van der Waals surface area contributed by atoms with Crippen LogP contribution >= 0.6 is 11.3 Å². The summed E-state index contributed by atoms with van der Waals surface area (Å²) in [5.41, 5.74) is 3.71. The second kappa shape index (κ2) is 8.05. The number of carbonyl (C=O) groups is 1. The Bertz CT molecular complexity index is 1120. The fourth-order valence-electron chi connectivity index (χ4n) is 3.25. The van der Waals surface area contributed by atoms with Crippen LogP contribution in [0.4, 0.5) is 5.69 Å². The van der Waals surface area contributed by atoms with Gasteiger partial charge in [0, 0.05) is 36.9 Å². The van der Waals surface area contributed by atoms with Crippen molar-refractivity contribution >= 4 is 34.0 Å². The van der Waals surface area contributed by atoms with Crippen molar-refractivity contribution in [2.45, 2.75) is 19.5 Å². The Kier molecular flexibility index (Phi) is 5.31. The van der Waals surface area contributed by atoms with Gasteiger partial charge < -0.3 is 14.8 Å². The number of fused-ring (bicyclic) bond motifs is 1. The van der Waals surface area contributed by atoms with Crippen LogP contribution in [0, 0.1) is 0 Å². The van der Waals surface area contributed by atoms with E-state index in [4.69, 9.17) is 0 Å². The first kappa shape index (κ1) is 19.1. The van der Waals surface area contributed by atoms with Crippen molar-refractivity contribution in [1.82, 2.24) is 19.4 Å². The lowest BCUT2D eigenvalue weighted by atomic mass is 10.1. The molecule has 4 rings (SSSR count). The monoisotopic (exact) mass is 405 g/mol. The molecule has 0 bridgehead atoms. The first-order valence-corrected chi connectivity index (χ1v) is 10.3. The zero-order chi connectivity index (χ0) is 20.4. The highest BCUT2D eigenvalue weighted by molar-refractivity contribution is 7.09. The topological polar surface area (TPSA) is 63.1 Å². The smallest absolute Gasteiger partial charge is 0.254 e. The van der Waals surface area contributed by atoms with Crippen LogP contribution < -0.4 is 5.32 Å². The molecule has 0 saturated heterocycles. The van der Waals surface area contributed by atoms with Gasteiger partial charge in [0.2, 0.25) is 0 Å². The minimum Gasteiger partial charge on any atom is -0.378 e. The van der Waals surface area contributed by atoms with Gasteiger partial charge in [0.25, 0.3) is 5.91 Å². The Morgan fingerprint density at radius 2 is 1.97 bits per heavy atom. The number of rotatable bonds is 6. The molecule has 2 aromatic carbocycles. The van der Waals surface area contributed by atoms with Gasteiger partial charge in [-0.05, 0) is 43.3 Å². The Labute approximate surface area is 173 Å². The number of anilines is 1. The van der Waals surface area contributed by atoms with Crippen LogP contribution in [-0.4, -0.2) is 32.4 Å². The number of benzene rings is 2. The molecule has 0 radical (unpaired) electrons. The van der Waals surface area contributed by atoms with E-state index in [1.807, 2.05) is 68.9 Å². The van der Waals surface area contributed by atoms with Gasteiger partial charge in [0.05, 0.1) is 23.6 Å². The molecule has 0 aliphatic rings. The molecule has 2 aromatic heterocycles. The molecule has 4 aromatic rings. The van der Waals surface area contributed by atoms with E-state index in [-0.39, 0.29) is 11.9 Å². The minimum atomic E-state index is -0.0575. The quantitative estimate of drug-likeness (QED) is 0.514. The third-order valence-corrected chi connectivity index (χ3v) is 6.12. The lowest BCUT2D eigenvalue weighted by molar-refractivity contribution is 0.0742. The maximum atomic E-state index is 12.8. The lowest BCUT2D eigenvalue weighted by Gasteiger charge is -2.23. The number of para-hydroxylation sites is 2. The van der Waals surface area contributed by atoms with E-state index in [1.54, 1.807) is 22.4 Å². The number of amides is 1. The van der Waals surface area contributed by atoms with Crippen LogP contribution in [0.15, 0.2) is 60.1 Å². The second-order valence-electron chi connectivity index (χ2n) is 6.97. The Morgan fingerprint density at radius 1 is 1.21 bits per heavy atom. The fourth-order valence-corrected chi connectivity index (χ4v) is 3.99. The molecule has 1 N–H and O–H groups in total. The highest BCUT2D eigenvalue weighted by atomic mass is 32.1. The normalized spacial score (nSPS) is 12.1. The third-order valence-electron chi connectivity index (χ3n) is 5.17. The van der Waals surface area contributed by atoms with Crippen LogP contribution in [-0.2, 0) is 13.6 Å². The number of hydrogen-bond acceptors (Lipinski definition) is 5. The van der Waals surface area contributed by atoms with E-state index in [0.717, 1.165) is 27.6 Å². The number of nitrogens with zero attached hydrogens (tertiary/aromatic N) is 4. The molecule has 1 unspecified atom stereocenters. The summed E-state index contributed by atoms with van der Waals surface area (Å²) >= 11 is 1.56. The van der Waals surface area contributed by atoms with Gasteiger partial charge in [-0.1, -0.05) is 12.1 Å². The predicted molar refractivity (Wildman–Crippen MR) is 117 cm³/mol. The van der Waals surface area contributed by atoms with Crippen molar-refractivity contribution in [1.29, 1.82) is 0 Å². The van der Waals surface area contributed by atoms with Crippen LogP contribution in [0.2, 0.25) is 0 Å². The summed E-state index contributed by atoms with van der Waals surface area (Å²) in [5.74, 6) is 0.943. The van der Waals surface area contributed by atoms with Crippen molar-refractivity contribution in [2.24, 2.45) is 7.05 Å². The average molecular weight is 406 g/mol. The second-order valence-corrected chi connectivity index (χ2v) is 7.90. The van der Waals surface area contributed by atoms with Crippen molar-refractivity contribution in [3.8, 4) is 0 Å². The van der Waals surface area contributed by atoms with Crippen LogP contribution in [0.5, 0.6) is 0 Å². The first-order valence-electron chi connectivity index (χ1n) is 9.45. The minimum absolute atomic E-state index is 0.0189. The number of carbonyl (C=O) groups excluding carboxylic acids is 1. The summed E-state index contributed by atoms with van der Waals surface area (Å²) < 4.78 is 2.09. The van der Waals surface area contributed by atoms with Crippen molar-refractivity contribution in [2.75, 3.05) is 12.4 Å². The van der Waals surface area contributed by atoms with E-state index in [2.05, 4.69) is 25.9 Å². The van der Waals surface area contributed by atoms with Gasteiger partial charge in [-0.2, -0.15) is 0 Å². The molecule has 1 amide bonds. The van der Waals surface area contributed by atoms with Crippen LogP contribution in [0.25, 0.3) is 11.0 Å². The highest BCUT2D eigenvalue weighted by Crippen LogP contribution is 2.23. The average Bonchev–Trinajstić information content (AvgIpc) is 3.40. The SMILES string of the molecule is CC(c1nccs1)N(C)C(=O)c1ccc(NCc2nc3ccccc3n2C)cc1. The molecule has 2 heterocycles. The summed E-state index contributed by atoms with van der Waals surface area (Å²) in [6.07, 6.45) is 1.76. The van der Waals surface area contributed by atoms with E-state index in [1.165, 1.54) is 0 Å². The number of imidazole rings is 1. The molecule has 0 aliphatic heterocycles. The van der Waals surface area contributed by atoms with E-state index < -0.39 is 0 Å². The predicted octanol–water partition coefficient (Wildman–Crippen LogP) is 4.48. The number of nitrogens with one attached hydrogen (secondary N) is 1. The molecular formula is C22H23N5OS. The van der Waals surface area contributed by atoms with Crippen molar-refractivity contribution in [3.63, 3.8) is 0 Å². The molecule has 29 heavy (non-hydrogen) atoms. The molecule has 148 valence electrons. The molecule has 0 spiro atoms. The summed E-state index contributed by atoms with van der Waals surface area (Å²) in [6.45, 7) is 2.60. The maximum absolute atomic E-state index is 12.8. The molecular weight excluding hydrogens is 382 g/mol. The maximum Gasteiger partial charge on any atom is 0.254 e. The summed E-state index contributed by atoms with van der Waals surface area (Å²) in [7, 11) is 3.83. The summed E-state index contributed by atoms with van der Waals surface area (Å²) in [5, 5.41) is 6.24. The number of hydrogen-bond donors (Lipinski definition) is 1. The van der Waals surface area contributed by atoms with E-state index in [9.17, 15) is 4.79 Å². The molecule has 1 atom stereocenters.